The number of rotatable bonds is 1. The van der Waals surface area contributed by atoms with Crippen molar-refractivity contribution in [3.8, 4) is 11.3 Å². The first-order valence-electron chi connectivity index (χ1n) is 5.99. The Bertz CT molecular complexity index is 752. The van der Waals surface area contributed by atoms with E-state index < -0.39 is 11.6 Å². The molecule has 2 heterocycles. The standard InChI is InChI=1S/C15H13F2N2/c1-10-7-11(16)8-12(17)15(10)13-9-19-6-4-3-5-14(19)18(13)2/h3-9H,1-2H3/q+1. The lowest BCUT2D eigenvalue weighted by atomic mass is 10.1. The molecule has 0 aliphatic rings. The summed E-state index contributed by atoms with van der Waals surface area (Å²) in [6.45, 7) is 1.71. The van der Waals surface area contributed by atoms with Crippen LogP contribution in [0.4, 0.5) is 8.78 Å². The van der Waals surface area contributed by atoms with Gasteiger partial charge in [-0.2, -0.15) is 0 Å². The number of fused-ring (bicyclic) bond motifs is 1. The van der Waals surface area contributed by atoms with Crippen LogP contribution in [-0.4, -0.2) is 4.57 Å². The molecule has 0 aliphatic heterocycles. The topological polar surface area (TPSA) is 9.03 Å². The maximum atomic E-state index is 14.0. The second kappa shape index (κ2) is 4.16. The number of imidazole rings is 1. The largest absolute Gasteiger partial charge is 0.286 e. The lowest BCUT2D eigenvalue weighted by molar-refractivity contribution is -0.510. The molecule has 0 aliphatic carbocycles. The maximum absolute atomic E-state index is 14.0. The van der Waals surface area contributed by atoms with Gasteiger partial charge in [-0.3, -0.25) is 0 Å². The van der Waals surface area contributed by atoms with E-state index in [9.17, 15) is 8.78 Å². The van der Waals surface area contributed by atoms with Crippen molar-refractivity contribution in [1.29, 1.82) is 0 Å². The third-order valence-electron chi connectivity index (χ3n) is 3.34. The SMILES string of the molecule is Cc1cc(F)cc(F)c1-c1c[n+]2ccccc2n1C. The van der Waals surface area contributed by atoms with Gasteiger partial charge >= 0.3 is 0 Å². The van der Waals surface area contributed by atoms with E-state index in [0.717, 1.165) is 17.4 Å². The van der Waals surface area contributed by atoms with E-state index in [1.54, 1.807) is 6.92 Å². The number of nitrogens with zero attached hydrogens (tertiary/aromatic N) is 2. The summed E-state index contributed by atoms with van der Waals surface area (Å²) in [6, 6.07) is 8.04. The summed E-state index contributed by atoms with van der Waals surface area (Å²) in [5.74, 6) is -1.09. The third kappa shape index (κ3) is 1.80. The Labute approximate surface area is 109 Å². The molecular weight excluding hydrogens is 246 g/mol. The van der Waals surface area contributed by atoms with Crippen LogP contribution in [0.15, 0.2) is 42.7 Å². The summed E-state index contributed by atoms with van der Waals surface area (Å²) < 4.78 is 31.0. The van der Waals surface area contributed by atoms with Crippen LogP contribution in [0.2, 0.25) is 0 Å². The predicted octanol–water partition coefficient (Wildman–Crippen LogP) is 3.02. The molecule has 0 bridgehead atoms. The first-order valence-corrected chi connectivity index (χ1v) is 5.99. The zero-order valence-electron chi connectivity index (χ0n) is 10.7. The van der Waals surface area contributed by atoms with Crippen LogP contribution >= 0.6 is 0 Å². The Morgan fingerprint density at radius 3 is 2.63 bits per heavy atom. The lowest BCUT2D eigenvalue weighted by Gasteiger charge is -2.04. The summed E-state index contributed by atoms with van der Waals surface area (Å²) in [6.07, 6.45) is 3.74. The molecule has 0 amide bonds. The number of aryl methyl sites for hydroxylation is 2. The molecular formula is C15H13F2N2+. The Morgan fingerprint density at radius 1 is 1.16 bits per heavy atom. The number of aromatic nitrogens is 2. The molecule has 4 heteroatoms. The van der Waals surface area contributed by atoms with E-state index >= 15 is 0 Å². The van der Waals surface area contributed by atoms with Gasteiger partial charge in [-0.25, -0.2) is 17.7 Å². The first kappa shape index (κ1) is 11.8. The van der Waals surface area contributed by atoms with Gasteiger partial charge in [0.1, 0.15) is 17.8 Å². The van der Waals surface area contributed by atoms with Gasteiger partial charge in [-0.1, -0.05) is 6.07 Å². The summed E-state index contributed by atoms with van der Waals surface area (Å²) in [4.78, 5) is 0. The van der Waals surface area contributed by atoms with Crippen molar-refractivity contribution in [2.45, 2.75) is 6.92 Å². The Hall–Kier alpha value is -2.23. The van der Waals surface area contributed by atoms with Gasteiger partial charge in [0, 0.05) is 12.1 Å². The fourth-order valence-electron chi connectivity index (χ4n) is 2.44. The maximum Gasteiger partial charge on any atom is 0.286 e. The third-order valence-corrected chi connectivity index (χ3v) is 3.34. The van der Waals surface area contributed by atoms with Gasteiger partial charge in [-0.05, 0) is 24.6 Å². The number of pyridine rings is 1. The number of hydrogen-bond donors (Lipinski definition) is 0. The fraction of sp³-hybridized carbons (Fsp3) is 0.133. The zero-order chi connectivity index (χ0) is 13.6. The molecule has 0 unspecified atom stereocenters. The van der Waals surface area contributed by atoms with Gasteiger partial charge in [0.2, 0.25) is 0 Å². The average molecular weight is 259 g/mol. The van der Waals surface area contributed by atoms with Gasteiger partial charge in [-0.15, -0.1) is 0 Å². The van der Waals surface area contributed by atoms with Crippen molar-refractivity contribution in [1.82, 2.24) is 4.57 Å². The quantitative estimate of drug-likeness (QED) is 0.594. The number of halogens is 2. The van der Waals surface area contributed by atoms with Crippen LogP contribution in [0.25, 0.3) is 16.9 Å². The molecule has 0 saturated heterocycles. The highest BCUT2D eigenvalue weighted by Gasteiger charge is 2.21. The lowest BCUT2D eigenvalue weighted by Crippen LogP contribution is -2.17. The molecule has 96 valence electrons. The first-order chi connectivity index (χ1) is 9.08. The van der Waals surface area contributed by atoms with E-state index in [1.807, 2.05) is 46.6 Å². The predicted molar refractivity (Wildman–Crippen MR) is 68.7 cm³/mol. The number of benzene rings is 1. The Morgan fingerprint density at radius 2 is 1.95 bits per heavy atom. The van der Waals surface area contributed by atoms with Crippen molar-refractivity contribution in [2.24, 2.45) is 7.05 Å². The highest BCUT2D eigenvalue weighted by atomic mass is 19.1. The zero-order valence-corrected chi connectivity index (χ0v) is 10.7. The monoisotopic (exact) mass is 259 g/mol. The smallest absolute Gasteiger partial charge is 0.226 e. The Balaban J connectivity index is 2.34. The minimum Gasteiger partial charge on any atom is -0.226 e. The highest BCUT2D eigenvalue weighted by Crippen LogP contribution is 2.27. The van der Waals surface area contributed by atoms with E-state index in [-0.39, 0.29) is 0 Å². The molecule has 0 spiro atoms. The summed E-state index contributed by atoms with van der Waals surface area (Å²) in [5, 5.41) is 0. The average Bonchev–Trinajstić information content (AvgIpc) is 2.66. The van der Waals surface area contributed by atoms with Crippen molar-refractivity contribution >= 4 is 5.65 Å². The van der Waals surface area contributed by atoms with E-state index in [4.69, 9.17) is 0 Å². The second-order valence-electron chi connectivity index (χ2n) is 4.62. The van der Waals surface area contributed by atoms with E-state index in [2.05, 4.69) is 0 Å². The molecule has 0 radical (unpaired) electrons. The van der Waals surface area contributed by atoms with Gasteiger partial charge < -0.3 is 0 Å². The normalized spacial score (nSPS) is 11.2. The van der Waals surface area contributed by atoms with Crippen molar-refractivity contribution in [3.05, 3.63) is 59.9 Å². The highest BCUT2D eigenvalue weighted by molar-refractivity contribution is 5.65. The van der Waals surface area contributed by atoms with Crippen LogP contribution in [0, 0.1) is 18.6 Å². The van der Waals surface area contributed by atoms with Crippen molar-refractivity contribution in [3.63, 3.8) is 0 Å². The fourth-order valence-corrected chi connectivity index (χ4v) is 2.44. The number of hydrogen-bond acceptors (Lipinski definition) is 0. The van der Waals surface area contributed by atoms with Crippen LogP contribution in [0.1, 0.15) is 5.56 Å². The van der Waals surface area contributed by atoms with Gasteiger partial charge in [0.25, 0.3) is 5.65 Å². The van der Waals surface area contributed by atoms with Gasteiger partial charge in [0.15, 0.2) is 5.69 Å². The minimum atomic E-state index is -0.551. The molecule has 2 nitrogen and oxygen atoms in total. The molecule has 2 aromatic heterocycles. The second-order valence-corrected chi connectivity index (χ2v) is 4.62. The van der Waals surface area contributed by atoms with Crippen LogP contribution < -0.4 is 4.40 Å². The van der Waals surface area contributed by atoms with Crippen LogP contribution in [-0.2, 0) is 7.05 Å². The molecule has 0 saturated carbocycles. The molecule has 19 heavy (non-hydrogen) atoms. The summed E-state index contributed by atoms with van der Waals surface area (Å²) in [5.41, 5.74) is 2.69. The van der Waals surface area contributed by atoms with E-state index in [0.29, 0.717) is 11.1 Å². The van der Waals surface area contributed by atoms with E-state index in [1.165, 1.54) is 6.07 Å². The minimum absolute atomic E-state index is 0.438. The van der Waals surface area contributed by atoms with Crippen LogP contribution in [0.5, 0.6) is 0 Å². The molecule has 3 aromatic rings. The van der Waals surface area contributed by atoms with Crippen LogP contribution in [0.3, 0.4) is 0 Å². The summed E-state index contributed by atoms with van der Waals surface area (Å²) >= 11 is 0. The van der Waals surface area contributed by atoms with Crippen molar-refractivity contribution in [2.75, 3.05) is 0 Å². The molecule has 1 aromatic carbocycles. The molecule has 3 rings (SSSR count). The van der Waals surface area contributed by atoms with Crippen molar-refractivity contribution < 1.29 is 13.2 Å². The molecule has 0 fully saturated rings. The van der Waals surface area contributed by atoms with Gasteiger partial charge in [0.05, 0.1) is 18.8 Å². The Kier molecular flexibility index (Phi) is 2.59. The molecule has 0 atom stereocenters. The molecule has 0 N–H and O–H groups in total. The summed E-state index contributed by atoms with van der Waals surface area (Å²) in [7, 11) is 1.87.